The Morgan fingerprint density at radius 1 is 1.23 bits per heavy atom. The van der Waals surface area contributed by atoms with Crippen LogP contribution in [0.25, 0.3) is 0 Å². The first-order valence-electron chi connectivity index (χ1n) is 5.42. The maximum absolute atomic E-state index is 4.52. The first-order chi connectivity index (χ1) is 6.09. The highest BCUT2D eigenvalue weighted by Gasteiger charge is 2.38. The van der Waals surface area contributed by atoms with Crippen LogP contribution in [0, 0.1) is 11.3 Å². The summed E-state index contributed by atoms with van der Waals surface area (Å²) in [5, 5.41) is 4.52. The van der Waals surface area contributed by atoms with Gasteiger partial charge in [-0.2, -0.15) is 5.10 Å². The predicted molar refractivity (Wildman–Crippen MR) is 55.8 cm³/mol. The van der Waals surface area contributed by atoms with E-state index in [1.54, 1.807) is 0 Å². The van der Waals surface area contributed by atoms with Crippen molar-refractivity contribution in [2.24, 2.45) is 16.4 Å². The Hall–Kier alpha value is -0.530. The monoisotopic (exact) mass is 180 g/mol. The van der Waals surface area contributed by atoms with Crippen molar-refractivity contribution in [1.82, 2.24) is 5.43 Å². The summed E-state index contributed by atoms with van der Waals surface area (Å²) in [5.41, 5.74) is 4.96. The molecule has 0 radical (unpaired) electrons. The number of rotatable bonds is 0. The van der Waals surface area contributed by atoms with Gasteiger partial charge >= 0.3 is 0 Å². The standard InChI is InChI=1S/C11H20N2/c1-11(2,3)10-8-6-4-5-7-9(8)12-13-10/h8-9,12H,4-7H2,1-3H3. The minimum atomic E-state index is 0.254. The van der Waals surface area contributed by atoms with Crippen molar-refractivity contribution >= 4 is 5.71 Å². The van der Waals surface area contributed by atoms with E-state index in [-0.39, 0.29) is 5.41 Å². The number of nitrogens with one attached hydrogen (secondary N) is 1. The van der Waals surface area contributed by atoms with Crippen LogP contribution in [0.5, 0.6) is 0 Å². The van der Waals surface area contributed by atoms with Gasteiger partial charge in [-0.1, -0.05) is 33.6 Å². The fourth-order valence-electron chi connectivity index (χ4n) is 2.57. The average Bonchev–Trinajstić information content (AvgIpc) is 2.45. The van der Waals surface area contributed by atoms with Crippen LogP contribution in [0.2, 0.25) is 0 Å². The number of nitrogens with zero attached hydrogens (tertiary/aromatic N) is 1. The molecule has 0 bridgehead atoms. The van der Waals surface area contributed by atoms with E-state index in [0.717, 1.165) is 5.92 Å². The molecule has 0 saturated heterocycles. The van der Waals surface area contributed by atoms with Crippen LogP contribution in [0.3, 0.4) is 0 Å². The Labute approximate surface area is 80.8 Å². The lowest BCUT2D eigenvalue weighted by molar-refractivity contribution is 0.344. The molecule has 0 amide bonds. The highest BCUT2D eigenvalue weighted by molar-refractivity contribution is 5.93. The summed E-state index contributed by atoms with van der Waals surface area (Å²) < 4.78 is 0. The normalized spacial score (nSPS) is 33.6. The van der Waals surface area contributed by atoms with E-state index in [9.17, 15) is 0 Å². The third-order valence-electron chi connectivity index (χ3n) is 3.24. The van der Waals surface area contributed by atoms with Crippen LogP contribution >= 0.6 is 0 Å². The Kier molecular flexibility index (Phi) is 2.09. The fraction of sp³-hybridized carbons (Fsp3) is 0.909. The minimum absolute atomic E-state index is 0.254. The van der Waals surface area contributed by atoms with Gasteiger partial charge < -0.3 is 5.43 Å². The molecule has 1 heterocycles. The first kappa shape index (κ1) is 9.04. The van der Waals surface area contributed by atoms with Crippen molar-refractivity contribution in [3.05, 3.63) is 0 Å². The van der Waals surface area contributed by atoms with Crippen molar-refractivity contribution in [1.29, 1.82) is 0 Å². The van der Waals surface area contributed by atoms with Gasteiger partial charge in [0.05, 0.1) is 6.04 Å². The summed E-state index contributed by atoms with van der Waals surface area (Å²) in [5.74, 6) is 0.730. The quantitative estimate of drug-likeness (QED) is 0.608. The second kappa shape index (κ2) is 3.00. The van der Waals surface area contributed by atoms with Crippen molar-refractivity contribution in [2.45, 2.75) is 52.5 Å². The molecule has 1 aliphatic carbocycles. The summed E-state index contributed by atoms with van der Waals surface area (Å²) in [6, 6.07) is 0.656. The summed E-state index contributed by atoms with van der Waals surface area (Å²) >= 11 is 0. The van der Waals surface area contributed by atoms with Crippen LogP contribution < -0.4 is 5.43 Å². The molecule has 1 fully saturated rings. The molecule has 1 saturated carbocycles. The Balaban J connectivity index is 2.14. The molecule has 0 spiro atoms. The van der Waals surface area contributed by atoms with E-state index in [4.69, 9.17) is 0 Å². The third-order valence-corrected chi connectivity index (χ3v) is 3.24. The predicted octanol–water partition coefficient (Wildman–Crippen LogP) is 2.55. The second-order valence-corrected chi connectivity index (χ2v) is 5.37. The molecule has 0 aromatic carbocycles. The minimum Gasteiger partial charge on any atom is -0.306 e. The number of hydrogen-bond donors (Lipinski definition) is 1. The number of hydrazone groups is 1. The lowest BCUT2D eigenvalue weighted by Gasteiger charge is -2.30. The molecule has 1 aliphatic heterocycles. The molecular formula is C11H20N2. The van der Waals surface area contributed by atoms with E-state index < -0.39 is 0 Å². The van der Waals surface area contributed by atoms with Crippen LogP contribution in [0.1, 0.15) is 46.5 Å². The average molecular weight is 180 g/mol. The summed E-state index contributed by atoms with van der Waals surface area (Å²) in [4.78, 5) is 0. The van der Waals surface area contributed by atoms with Gasteiger partial charge in [0.25, 0.3) is 0 Å². The van der Waals surface area contributed by atoms with E-state index in [1.165, 1.54) is 31.4 Å². The smallest absolute Gasteiger partial charge is 0.0521 e. The molecule has 1 N–H and O–H groups in total. The van der Waals surface area contributed by atoms with Gasteiger partial charge in [-0.15, -0.1) is 0 Å². The zero-order valence-electron chi connectivity index (χ0n) is 8.93. The lowest BCUT2D eigenvalue weighted by Crippen LogP contribution is -2.36. The van der Waals surface area contributed by atoms with E-state index in [0.29, 0.717) is 6.04 Å². The molecule has 0 aromatic heterocycles. The maximum Gasteiger partial charge on any atom is 0.0521 e. The topological polar surface area (TPSA) is 24.4 Å². The van der Waals surface area contributed by atoms with Gasteiger partial charge in [0, 0.05) is 17.0 Å². The van der Waals surface area contributed by atoms with Gasteiger partial charge in [0.1, 0.15) is 0 Å². The van der Waals surface area contributed by atoms with Crippen molar-refractivity contribution in [3.63, 3.8) is 0 Å². The molecule has 2 aliphatic rings. The van der Waals surface area contributed by atoms with Gasteiger partial charge in [-0.05, 0) is 12.8 Å². The summed E-state index contributed by atoms with van der Waals surface area (Å²) in [7, 11) is 0. The SMILES string of the molecule is CC(C)(C)C1=NNC2CCCCC12. The van der Waals surface area contributed by atoms with Gasteiger partial charge in [0.15, 0.2) is 0 Å². The van der Waals surface area contributed by atoms with Crippen LogP contribution in [-0.4, -0.2) is 11.8 Å². The zero-order valence-corrected chi connectivity index (χ0v) is 8.93. The Morgan fingerprint density at radius 2 is 1.92 bits per heavy atom. The van der Waals surface area contributed by atoms with Crippen LogP contribution in [0.15, 0.2) is 5.10 Å². The van der Waals surface area contributed by atoms with Gasteiger partial charge in [-0.3, -0.25) is 0 Å². The number of hydrogen-bond acceptors (Lipinski definition) is 2. The fourth-order valence-corrected chi connectivity index (χ4v) is 2.57. The molecule has 2 rings (SSSR count). The first-order valence-corrected chi connectivity index (χ1v) is 5.42. The third kappa shape index (κ3) is 1.59. The highest BCUT2D eigenvalue weighted by atomic mass is 15.3. The highest BCUT2D eigenvalue weighted by Crippen LogP contribution is 2.35. The van der Waals surface area contributed by atoms with Crippen LogP contribution in [-0.2, 0) is 0 Å². The summed E-state index contributed by atoms with van der Waals surface area (Å²) in [6.45, 7) is 6.81. The van der Waals surface area contributed by atoms with E-state index in [1.807, 2.05) is 0 Å². The Morgan fingerprint density at radius 3 is 2.62 bits per heavy atom. The van der Waals surface area contributed by atoms with Gasteiger partial charge in [0.2, 0.25) is 0 Å². The summed E-state index contributed by atoms with van der Waals surface area (Å²) in [6.07, 6.45) is 5.42. The molecular weight excluding hydrogens is 160 g/mol. The Bertz CT molecular complexity index is 225. The maximum atomic E-state index is 4.52. The second-order valence-electron chi connectivity index (χ2n) is 5.37. The molecule has 0 aromatic rings. The zero-order chi connectivity index (χ0) is 9.47. The molecule has 2 nitrogen and oxygen atoms in total. The number of fused-ring (bicyclic) bond motifs is 1. The molecule has 74 valence electrons. The molecule has 13 heavy (non-hydrogen) atoms. The van der Waals surface area contributed by atoms with Crippen molar-refractivity contribution < 1.29 is 0 Å². The molecule has 2 heteroatoms. The van der Waals surface area contributed by atoms with Crippen LogP contribution in [0.4, 0.5) is 0 Å². The van der Waals surface area contributed by atoms with Crippen molar-refractivity contribution in [3.8, 4) is 0 Å². The molecule has 2 unspecified atom stereocenters. The lowest BCUT2D eigenvalue weighted by atomic mass is 9.74. The largest absolute Gasteiger partial charge is 0.306 e. The van der Waals surface area contributed by atoms with Gasteiger partial charge in [-0.25, -0.2) is 0 Å². The molecule has 2 atom stereocenters. The van der Waals surface area contributed by atoms with Crippen molar-refractivity contribution in [2.75, 3.05) is 0 Å². The van der Waals surface area contributed by atoms with E-state index in [2.05, 4.69) is 31.3 Å². The van der Waals surface area contributed by atoms with E-state index >= 15 is 0 Å².